The largest absolute Gasteiger partial charge is 0.388 e. The Morgan fingerprint density at radius 1 is 1.10 bits per heavy atom. The van der Waals surface area contributed by atoms with Crippen LogP contribution in [0.15, 0.2) is 59.2 Å². The Labute approximate surface area is 130 Å². The normalized spacial score (nSPS) is 12.5. The summed E-state index contributed by atoms with van der Waals surface area (Å²) in [5.41, 5.74) is 2.44. The SMILES string of the molecule is OC(Cc1ccc(F)cc1)c1ccc(Br)c2cccnc12. The van der Waals surface area contributed by atoms with Crippen LogP contribution in [0.4, 0.5) is 4.39 Å². The van der Waals surface area contributed by atoms with Crippen molar-refractivity contribution >= 4 is 26.8 Å². The summed E-state index contributed by atoms with van der Waals surface area (Å²) in [5, 5.41) is 11.4. The van der Waals surface area contributed by atoms with E-state index in [4.69, 9.17) is 0 Å². The smallest absolute Gasteiger partial charge is 0.123 e. The molecular weight excluding hydrogens is 333 g/mol. The number of rotatable bonds is 3. The molecule has 2 aromatic carbocycles. The van der Waals surface area contributed by atoms with Crippen LogP contribution in [0.25, 0.3) is 10.9 Å². The predicted molar refractivity (Wildman–Crippen MR) is 84.5 cm³/mol. The maximum absolute atomic E-state index is 12.9. The molecule has 21 heavy (non-hydrogen) atoms. The third-order valence-electron chi connectivity index (χ3n) is 3.45. The molecule has 1 atom stereocenters. The van der Waals surface area contributed by atoms with Crippen molar-refractivity contribution in [2.24, 2.45) is 0 Å². The van der Waals surface area contributed by atoms with Crippen LogP contribution in [0.1, 0.15) is 17.2 Å². The van der Waals surface area contributed by atoms with E-state index in [2.05, 4.69) is 20.9 Å². The lowest BCUT2D eigenvalue weighted by atomic mass is 9.99. The van der Waals surface area contributed by atoms with Crippen molar-refractivity contribution in [2.75, 3.05) is 0 Å². The fourth-order valence-corrected chi connectivity index (χ4v) is 2.83. The molecule has 0 saturated heterocycles. The summed E-state index contributed by atoms with van der Waals surface area (Å²) in [4.78, 5) is 4.37. The van der Waals surface area contributed by atoms with Gasteiger partial charge in [-0.2, -0.15) is 0 Å². The van der Waals surface area contributed by atoms with Gasteiger partial charge in [0.15, 0.2) is 0 Å². The van der Waals surface area contributed by atoms with Gasteiger partial charge in [0.1, 0.15) is 5.82 Å². The van der Waals surface area contributed by atoms with E-state index >= 15 is 0 Å². The summed E-state index contributed by atoms with van der Waals surface area (Å²) < 4.78 is 13.9. The van der Waals surface area contributed by atoms with Crippen LogP contribution in [0.2, 0.25) is 0 Å². The van der Waals surface area contributed by atoms with Crippen LogP contribution in [0.3, 0.4) is 0 Å². The number of benzene rings is 2. The second-order valence-electron chi connectivity index (χ2n) is 4.88. The molecule has 0 aliphatic rings. The van der Waals surface area contributed by atoms with E-state index in [0.29, 0.717) is 6.42 Å². The second-order valence-corrected chi connectivity index (χ2v) is 5.74. The van der Waals surface area contributed by atoms with Gasteiger partial charge in [-0.25, -0.2) is 4.39 Å². The molecule has 0 bridgehead atoms. The molecule has 1 N–H and O–H groups in total. The van der Waals surface area contributed by atoms with Gasteiger partial charge in [-0.15, -0.1) is 0 Å². The molecular formula is C17H13BrFNO. The number of hydrogen-bond acceptors (Lipinski definition) is 2. The van der Waals surface area contributed by atoms with Gasteiger partial charge in [-0.05, 0) is 29.8 Å². The van der Waals surface area contributed by atoms with Crippen LogP contribution in [-0.4, -0.2) is 10.1 Å². The van der Waals surface area contributed by atoms with Crippen LogP contribution < -0.4 is 0 Å². The fraction of sp³-hybridized carbons (Fsp3) is 0.118. The molecule has 3 rings (SSSR count). The number of aliphatic hydroxyl groups is 1. The highest BCUT2D eigenvalue weighted by Gasteiger charge is 2.14. The predicted octanol–water partition coefficient (Wildman–Crippen LogP) is 4.41. The molecule has 0 saturated carbocycles. The van der Waals surface area contributed by atoms with Crippen molar-refractivity contribution in [2.45, 2.75) is 12.5 Å². The van der Waals surface area contributed by atoms with Crippen molar-refractivity contribution in [3.8, 4) is 0 Å². The molecule has 1 aromatic heterocycles. The average Bonchev–Trinajstić information content (AvgIpc) is 2.50. The topological polar surface area (TPSA) is 33.1 Å². The first-order valence-corrected chi connectivity index (χ1v) is 7.40. The lowest BCUT2D eigenvalue weighted by Crippen LogP contribution is -2.03. The number of pyridine rings is 1. The Hall–Kier alpha value is -1.78. The highest BCUT2D eigenvalue weighted by Crippen LogP contribution is 2.30. The molecule has 1 heterocycles. The summed E-state index contributed by atoms with van der Waals surface area (Å²) >= 11 is 3.49. The van der Waals surface area contributed by atoms with Gasteiger partial charge in [-0.1, -0.05) is 40.2 Å². The van der Waals surface area contributed by atoms with Crippen LogP contribution in [0, 0.1) is 5.82 Å². The Balaban J connectivity index is 1.96. The minimum absolute atomic E-state index is 0.274. The van der Waals surface area contributed by atoms with Crippen molar-refractivity contribution in [3.63, 3.8) is 0 Å². The molecule has 0 spiro atoms. The molecule has 0 aliphatic carbocycles. The minimum atomic E-state index is -0.680. The fourth-order valence-electron chi connectivity index (χ4n) is 2.38. The zero-order chi connectivity index (χ0) is 14.8. The maximum Gasteiger partial charge on any atom is 0.123 e. The number of halogens is 2. The summed E-state index contributed by atoms with van der Waals surface area (Å²) in [6.07, 6.45) is 1.46. The molecule has 0 amide bonds. The molecule has 0 aliphatic heterocycles. The monoisotopic (exact) mass is 345 g/mol. The van der Waals surface area contributed by atoms with E-state index in [1.165, 1.54) is 12.1 Å². The molecule has 3 aromatic rings. The molecule has 0 fully saturated rings. The quantitative estimate of drug-likeness (QED) is 0.762. The third-order valence-corrected chi connectivity index (χ3v) is 4.14. The van der Waals surface area contributed by atoms with Crippen molar-refractivity contribution in [1.82, 2.24) is 4.98 Å². The van der Waals surface area contributed by atoms with Gasteiger partial charge in [0.25, 0.3) is 0 Å². The van der Waals surface area contributed by atoms with E-state index in [1.54, 1.807) is 18.3 Å². The number of hydrogen-bond donors (Lipinski definition) is 1. The van der Waals surface area contributed by atoms with Gasteiger partial charge < -0.3 is 5.11 Å². The lowest BCUT2D eigenvalue weighted by molar-refractivity contribution is 0.180. The first-order valence-electron chi connectivity index (χ1n) is 6.61. The minimum Gasteiger partial charge on any atom is -0.388 e. The average molecular weight is 346 g/mol. The highest BCUT2D eigenvalue weighted by molar-refractivity contribution is 9.10. The Bertz CT molecular complexity index is 773. The maximum atomic E-state index is 12.9. The van der Waals surface area contributed by atoms with Crippen LogP contribution in [-0.2, 0) is 6.42 Å². The van der Waals surface area contributed by atoms with E-state index in [0.717, 1.165) is 26.5 Å². The molecule has 0 radical (unpaired) electrons. The number of nitrogens with zero attached hydrogens (tertiary/aromatic N) is 1. The third kappa shape index (κ3) is 2.96. The first kappa shape index (κ1) is 14.2. The van der Waals surface area contributed by atoms with Gasteiger partial charge in [0.05, 0.1) is 11.6 Å². The Morgan fingerprint density at radius 3 is 2.62 bits per heavy atom. The van der Waals surface area contributed by atoms with Gasteiger partial charge >= 0.3 is 0 Å². The first-order chi connectivity index (χ1) is 10.1. The zero-order valence-electron chi connectivity index (χ0n) is 11.1. The Kier molecular flexibility index (Phi) is 3.99. The van der Waals surface area contributed by atoms with Gasteiger partial charge in [-0.3, -0.25) is 4.98 Å². The molecule has 106 valence electrons. The van der Waals surface area contributed by atoms with E-state index in [9.17, 15) is 9.50 Å². The summed E-state index contributed by atoms with van der Waals surface area (Å²) in [7, 11) is 0. The summed E-state index contributed by atoms with van der Waals surface area (Å²) in [5.74, 6) is -0.274. The van der Waals surface area contributed by atoms with E-state index in [1.807, 2.05) is 24.3 Å². The van der Waals surface area contributed by atoms with Crippen LogP contribution in [0.5, 0.6) is 0 Å². The van der Waals surface area contributed by atoms with E-state index < -0.39 is 6.10 Å². The second kappa shape index (κ2) is 5.92. The lowest BCUT2D eigenvalue weighted by Gasteiger charge is -2.14. The van der Waals surface area contributed by atoms with Crippen molar-refractivity contribution < 1.29 is 9.50 Å². The molecule has 4 heteroatoms. The summed E-state index contributed by atoms with van der Waals surface area (Å²) in [6.45, 7) is 0. The molecule has 2 nitrogen and oxygen atoms in total. The van der Waals surface area contributed by atoms with E-state index in [-0.39, 0.29) is 5.82 Å². The van der Waals surface area contributed by atoms with Crippen LogP contribution >= 0.6 is 15.9 Å². The van der Waals surface area contributed by atoms with Crippen molar-refractivity contribution in [3.05, 3.63) is 76.1 Å². The van der Waals surface area contributed by atoms with Crippen molar-refractivity contribution in [1.29, 1.82) is 0 Å². The molecule has 1 unspecified atom stereocenters. The number of aromatic nitrogens is 1. The number of fused-ring (bicyclic) bond motifs is 1. The highest BCUT2D eigenvalue weighted by atomic mass is 79.9. The summed E-state index contributed by atoms with van der Waals surface area (Å²) in [6, 6.07) is 13.8. The van der Waals surface area contributed by atoms with Gasteiger partial charge in [0, 0.05) is 28.0 Å². The standard InChI is InChI=1S/C17H13BrFNO/c18-15-8-7-14(17-13(15)2-1-9-20-17)16(21)10-11-3-5-12(19)6-4-11/h1-9,16,21H,10H2. The number of aliphatic hydroxyl groups excluding tert-OH is 1. The Morgan fingerprint density at radius 2 is 1.86 bits per heavy atom. The zero-order valence-corrected chi connectivity index (χ0v) is 12.7. The van der Waals surface area contributed by atoms with Gasteiger partial charge in [0.2, 0.25) is 0 Å².